The summed E-state index contributed by atoms with van der Waals surface area (Å²) in [6.07, 6.45) is 4.45. The van der Waals surface area contributed by atoms with Gasteiger partial charge in [0.1, 0.15) is 5.75 Å². The summed E-state index contributed by atoms with van der Waals surface area (Å²) in [7, 11) is 1.71. The Labute approximate surface area is 215 Å². The zero-order valence-corrected chi connectivity index (χ0v) is 21.5. The maximum atomic E-state index is 13.1. The molecule has 0 unspecified atom stereocenters. The first-order valence-electron chi connectivity index (χ1n) is 12.1. The molecule has 0 bridgehead atoms. The highest BCUT2D eigenvalue weighted by Crippen LogP contribution is 2.41. The minimum Gasteiger partial charge on any atom is -0.492 e. The predicted molar refractivity (Wildman–Crippen MR) is 132 cm³/mol. The molecule has 2 saturated heterocycles. The first-order valence-corrected chi connectivity index (χ1v) is 12.5. The SMILES string of the molecule is COCCCN1CCC(NC(=O)c2cc(Cl)c(NC=C3C(=O)OC(C)(C)OC3=O)c3c2OCC3)CC1. The van der Waals surface area contributed by atoms with Gasteiger partial charge in [-0.15, -0.1) is 0 Å². The molecule has 0 spiro atoms. The Hall–Kier alpha value is -2.82. The number of carbonyl (C=O) groups excluding carboxylic acids is 3. The van der Waals surface area contributed by atoms with Gasteiger partial charge in [0.25, 0.3) is 11.7 Å². The molecule has 0 radical (unpaired) electrons. The molecule has 0 aliphatic carbocycles. The van der Waals surface area contributed by atoms with E-state index in [1.165, 1.54) is 20.0 Å². The van der Waals surface area contributed by atoms with Crippen molar-refractivity contribution in [2.45, 2.75) is 51.4 Å². The maximum Gasteiger partial charge on any atom is 0.350 e. The second-order valence-corrected chi connectivity index (χ2v) is 9.91. The molecular weight excluding hydrogens is 490 g/mol. The summed E-state index contributed by atoms with van der Waals surface area (Å²) in [6, 6.07) is 1.62. The van der Waals surface area contributed by atoms with E-state index in [1.54, 1.807) is 13.2 Å². The summed E-state index contributed by atoms with van der Waals surface area (Å²) in [6.45, 7) is 6.92. The second-order valence-electron chi connectivity index (χ2n) is 9.50. The van der Waals surface area contributed by atoms with E-state index in [2.05, 4.69) is 15.5 Å². The summed E-state index contributed by atoms with van der Waals surface area (Å²) in [5, 5.41) is 6.31. The molecule has 1 aromatic rings. The third-order valence-corrected chi connectivity index (χ3v) is 6.69. The summed E-state index contributed by atoms with van der Waals surface area (Å²) in [5.74, 6) is -2.71. The molecule has 1 aromatic carbocycles. The maximum absolute atomic E-state index is 13.1. The Morgan fingerprint density at radius 2 is 1.94 bits per heavy atom. The Kier molecular flexibility index (Phi) is 8.07. The molecule has 3 aliphatic heterocycles. The molecule has 0 aromatic heterocycles. The fraction of sp³-hybridized carbons (Fsp3) is 0.560. The molecule has 0 atom stereocenters. The predicted octanol–water partition coefficient (Wildman–Crippen LogP) is 2.64. The smallest absolute Gasteiger partial charge is 0.350 e. The number of hydrogen-bond donors (Lipinski definition) is 2. The lowest BCUT2D eigenvalue weighted by atomic mass is 10.0. The number of nitrogens with zero attached hydrogens (tertiary/aromatic N) is 1. The van der Waals surface area contributed by atoms with Gasteiger partial charge in [0, 0.05) is 71.4 Å². The molecule has 2 N–H and O–H groups in total. The van der Waals surface area contributed by atoms with Gasteiger partial charge < -0.3 is 34.5 Å². The van der Waals surface area contributed by atoms with Gasteiger partial charge in [-0.05, 0) is 25.3 Å². The molecule has 4 rings (SSSR count). The van der Waals surface area contributed by atoms with Gasteiger partial charge >= 0.3 is 11.9 Å². The van der Waals surface area contributed by atoms with Crippen molar-refractivity contribution in [1.82, 2.24) is 10.2 Å². The molecule has 11 heteroatoms. The van der Waals surface area contributed by atoms with E-state index in [0.717, 1.165) is 45.5 Å². The average Bonchev–Trinajstić information content (AvgIpc) is 3.29. The number of cyclic esters (lactones) is 2. The monoisotopic (exact) mass is 521 g/mol. The van der Waals surface area contributed by atoms with Crippen molar-refractivity contribution in [2.75, 3.05) is 45.3 Å². The molecule has 0 saturated carbocycles. The lowest BCUT2D eigenvalue weighted by Crippen LogP contribution is -2.45. The van der Waals surface area contributed by atoms with Crippen LogP contribution < -0.4 is 15.4 Å². The van der Waals surface area contributed by atoms with E-state index in [1.807, 2.05) is 0 Å². The standard InChI is InChI=1S/C25H32ClN3O7/c1-25(2)35-23(31)18(24(32)36-25)14-27-20-16-7-12-34-21(16)17(13-19(20)26)22(30)28-15-5-9-29(10-6-15)8-4-11-33-3/h13-15,27H,4-12H2,1-3H3,(H,28,30). The van der Waals surface area contributed by atoms with Crippen molar-refractivity contribution in [3.8, 4) is 5.75 Å². The normalized spacial score (nSPS) is 19.7. The third kappa shape index (κ3) is 5.93. The first-order chi connectivity index (χ1) is 17.2. The number of likely N-dealkylation sites (tertiary alicyclic amines) is 1. The Morgan fingerprint density at radius 1 is 1.25 bits per heavy atom. The van der Waals surface area contributed by atoms with Crippen molar-refractivity contribution >= 4 is 35.1 Å². The van der Waals surface area contributed by atoms with Crippen LogP contribution in [0.2, 0.25) is 5.02 Å². The molecule has 3 aliphatic rings. The fourth-order valence-corrected chi connectivity index (χ4v) is 4.87. The molecule has 1 amide bonds. The number of methoxy groups -OCH3 is 1. The number of rotatable bonds is 8. The van der Waals surface area contributed by atoms with Gasteiger partial charge in [0.2, 0.25) is 0 Å². The molecule has 36 heavy (non-hydrogen) atoms. The Balaban J connectivity index is 1.44. The van der Waals surface area contributed by atoms with Gasteiger partial charge in [-0.25, -0.2) is 9.59 Å². The van der Waals surface area contributed by atoms with Crippen LogP contribution in [-0.4, -0.2) is 74.5 Å². The number of benzene rings is 1. The minimum absolute atomic E-state index is 0.0714. The summed E-state index contributed by atoms with van der Waals surface area (Å²) in [4.78, 5) is 40.0. The van der Waals surface area contributed by atoms with Crippen LogP contribution in [0.25, 0.3) is 0 Å². The van der Waals surface area contributed by atoms with E-state index >= 15 is 0 Å². The molecule has 2 fully saturated rings. The number of ether oxygens (including phenoxy) is 4. The van der Waals surface area contributed by atoms with E-state index < -0.39 is 17.7 Å². The first kappa shape index (κ1) is 26.2. The summed E-state index contributed by atoms with van der Waals surface area (Å²) >= 11 is 6.54. The highest BCUT2D eigenvalue weighted by atomic mass is 35.5. The zero-order valence-electron chi connectivity index (χ0n) is 20.8. The van der Waals surface area contributed by atoms with Crippen LogP contribution in [-0.2, 0) is 30.2 Å². The second kappa shape index (κ2) is 11.1. The molecule has 10 nitrogen and oxygen atoms in total. The van der Waals surface area contributed by atoms with Crippen molar-refractivity contribution in [2.24, 2.45) is 0 Å². The van der Waals surface area contributed by atoms with E-state index in [-0.39, 0.29) is 22.5 Å². The number of fused-ring (bicyclic) bond motifs is 1. The van der Waals surface area contributed by atoms with Crippen LogP contribution in [0.4, 0.5) is 5.69 Å². The Morgan fingerprint density at radius 3 is 2.61 bits per heavy atom. The molecule has 196 valence electrons. The highest BCUT2D eigenvalue weighted by molar-refractivity contribution is 6.34. The van der Waals surface area contributed by atoms with E-state index in [4.69, 9.17) is 30.5 Å². The van der Waals surface area contributed by atoms with Gasteiger partial charge in [-0.3, -0.25) is 4.79 Å². The Bertz CT molecular complexity index is 1040. The number of hydrogen-bond acceptors (Lipinski definition) is 9. The number of amides is 1. The van der Waals surface area contributed by atoms with E-state index in [9.17, 15) is 14.4 Å². The summed E-state index contributed by atoms with van der Waals surface area (Å²) < 4.78 is 21.1. The van der Waals surface area contributed by atoms with Gasteiger partial charge in [-0.2, -0.15) is 0 Å². The summed E-state index contributed by atoms with van der Waals surface area (Å²) in [5.41, 5.74) is 1.25. The van der Waals surface area contributed by atoms with Crippen LogP contribution in [0.5, 0.6) is 5.75 Å². The van der Waals surface area contributed by atoms with Crippen molar-refractivity contribution in [3.05, 3.63) is 34.0 Å². The number of carbonyl (C=O) groups is 3. The quantitative estimate of drug-likeness (QED) is 0.230. The molecular formula is C25H32ClN3O7. The van der Waals surface area contributed by atoms with E-state index in [0.29, 0.717) is 35.6 Å². The lowest BCUT2D eigenvalue weighted by molar-refractivity contribution is -0.222. The van der Waals surface area contributed by atoms with Crippen LogP contribution in [0.15, 0.2) is 17.8 Å². The minimum atomic E-state index is -1.33. The highest BCUT2D eigenvalue weighted by Gasteiger charge is 2.39. The van der Waals surface area contributed by atoms with Crippen LogP contribution >= 0.6 is 11.6 Å². The molecule has 3 heterocycles. The van der Waals surface area contributed by atoms with Gasteiger partial charge in [0.15, 0.2) is 5.57 Å². The number of esters is 2. The van der Waals surface area contributed by atoms with Crippen LogP contribution in [0.1, 0.15) is 49.0 Å². The van der Waals surface area contributed by atoms with Crippen molar-refractivity contribution in [3.63, 3.8) is 0 Å². The number of anilines is 1. The van der Waals surface area contributed by atoms with Gasteiger partial charge in [0.05, 0.1) is 22.9 Å². The fourth-order valence-electron chi connectivity index (χ4n) is 4.59. The van der Waals surface area contributed by atoms with Crippen molar-refractivity contribution in [1.29, 1.82) is 0 Å². The topological polar surface area (TPSA) is 115 Å². The number of piperidine rings is 1. The number of halogens is 1. The van der Waals surface area contributed by atoms with Gasteiger partial charge in [-0.1, -0.05) is 11.6 Å². The number of nitrogens with one attached hydrogen (secondary N) is 2. The lowest BCUT2D eigenvalue weighted by Gasteiger charge is -2.32. The zero-order chi connectivity index (χ0) is 25.9. The van der Waals surface area contributed by atoms with Crippen molar-refractivity contribution < 1.29 is 33.3 Å². The average molecular weight is 522 g/mol. The third-order valence-electron chi connectivity index (χ3n) is 6.40. The van der Waals surface area contributed by atoms with Crippen LogP contribution in [0, 0.1) is 0 Å². The largest absolute Gasteiger partial charge is 0.492 e. The van der Waals surface area contributed by atoms with Crippen LogP contribution in [0.3, 0.4) is 0 Å².